The van der Waals surface area contributed by atoms with Crippen LogP contribution in [-0.2, 0) is 0 Å². The van der Waals surface area contributed by atoms with Crippen molar-refractivity contribution in [3.05, 3.63) is 72.3 Å². The summed E-state index contributed by atoms with van der Waals surface area (Å²) in [6.45, 7) is 5.01. The Hall–Kier alpha value is -3.80. The average Bonchev–Trinajstić information content (AvgIpc) is 3.29. The van der Waals surface area contributed by atoms with Crippen molar-refractivity contribution in [2.24, 2.45) is 5.92 Å². The van der Waals surface area contributed by atoms with E-state index in [1.54, 1.807) is 12.1 Å². The van der Waals surface area contributed by atoms with E-state index in [2.05, 4.69) is 18.4 Å². The molecule has 4 aromatic rings. The fourth-order valence-electron chi connectivity index (χ4n) is 5.00. The molecule has 0 atom stereocenters. The molecule has 1 fully saturated rings. The van der Waals surface area contributed by atoms with E-state index in [4.69, 9.17) is 14.5 Å². The minimum atomic E-state index is -0.939. The van der Waals surface area contributed by atoms with Gasteiger partial charge in [-0.3, -0.25) is 0 Å². The second kappa shape index (κ2) is 11.1. The van der Waals surface area contributed by atoms with Gasteiger partial charge in [-0.15, -0.1) is 0 Å². The molecule has 5 rings (SSSR count). The Balaban J connectivity index is 1.44. The fraction of sp³-hybridized carbons (Fsp3) is 0.355. The SMILES string of the molecule is CC(C)CCOc1ccccc1Oc1ccc(-c2nc3cc(C(=O)O)ccc3n2C2CCCCC2)cc1. The Bertz CT molecular complexity index is 1370. The molecule has 1 aromatic heterocycles. The second-order valence-corrected chi connectivity index (χ2v) is 10.2. The number of carboxylic acid groups (broad SMARTS) is 1. The van der Waals surface area contributed by atoms with Gasteiger partial charge < -0.3 is 19.1 Å². The summed E-state index contributed by atoms with van der Waals surface area (Å²) >= 11 is 0. The van der Waals surface area contributed by atoms with Crippen LogP contribution in [0.4, 0.5) is 0 Å². The number of hydrogen-bond acceptors (Lipinski definition) is 4. The lowest BCUT2D eigenvalue weighted by atomic mass is 9.95. The highest BCUT2D eigenvalue weighted by Crippen LogP contribution is 2.37. The van der Waals surface area contributed by atoms with E-state index in [0.29, 0.717) is 29.8 Å². The van der Waals surface area contributed by atoms with Gasteiger partial charge in [0.15, 0.2) is 11.5 Å². The third-order valence-corrected chi connectivity index (χ3v) is 7.02. The summed E-state index contributed by atoms with van der Waals surface area (Å²) in [5.41, 5.74) is 2.94. The molecule has 0 radical (unpaired) electrons. The highest BCUT2D eigenvalue weighted by atomic mass is 16.5. The van der Waals surface area contributed by atoms with E-state index in [-0.39, 0.29) is 5.56 Å². The Labute approximate surface area is 217 Å². The molecule has 0 bridgehead atoms. The van der Waals surface area contributed by atoms with Gasteiger partial charge in [0.25, 0.3) is 0 Å². The summed E-state index contributed by atoms with van der Waals surface area (Å²) in [7, 11) is 0. The number of aromatic carboxylic acids is 1. The number of hydrogen-bond donors (Lipinski definition) is 1. The largest absolute Gasteiger partial charge is 0.490 e. The Morgan fingerprint density at radius 1 is 1.00 bits per heavy atom. The third-order valence-electron chi connectivity index (χ3n) is 7.02. The molecule has 0 amide bonds. The van der Waals surface area contributed by atoms with Crippen molar-refractivity contribution < 1.29 is 19.4 Å². The highest BCUT2D eigenvalue weighted by molar-refractivity contribution is 5.93. The number of rotatable bonds is 9. The normalized spacial score (nSPS) is 14.2. The maximum Gasteiger partial charge on any atom is 0.335 e. The molecule has 1 aliphatic carbocycles. The minimum Gasteiger partial charge on any atom is -0.490 e. The molecule has 37 heavy (non-hydrogen) atoms. The molecule has 0 saturated heterocycles. The van der Waals surface area contributed by atoms with Gasteiger partial charge in [0.1, 0.15) is 11.6 Å². The van der Waals surface area contributed by atoms with Crippen molar-refractivity contribution in [2.75, 3.05) is 6.61 Å². The molecule has 1 aliphatic rings. The van der Waals surface area contributed by atoms with Crippen LogP contribution in [0.15, 0.2) is 66.7 Å². The van der Waals surface area contributed by atoms with Gasteiger partial charge in [0, 0.05) is 11.6 Å². The lowest BCUT2D eigenvalue weighted by molar-refractivity contribution is 0.0697. The Morgan fingerprint density at radius 3 is 2.43 bits per heavy atom. The molecule has 0 unspecified atom stereocenters. The second-order valence-electron chi connectivity index (χ2n) is 10.2. The van der Waals surface area contributed by atoms with E-state index >= 15 is 0 Å². The van der Waals surface area contributed by atoms with E-state index < -0.39 is 5.97 Å². The van der Waals surface area contributed by atoms with Crippen LogP contribution >= 0.6 is 0 Å². The van der Waals surface area contributed by atoms with Crippen molar-refractivity contribution in [3.8, 4) is 28.6 Å². The lowest BCUT2D eigenvalue weighted by Crippen LogP contribution is -2.14. The molecular formula is C31H34N2O4. The summed E-state index contributed by atoms with van der Waals surface area (Å²) in [5.74, 6) is 2.65. The molecule has 0 spiro atoms. The number of carboxylic acids is 1. The monoisotopic (exact) mass is 498 g/mol. The number of imidazole rings is 1. The van der Waals surface area contributed by atoms with E-state index in [1.165, 1.54) is 19.3 Å². The predicted molar refractivity (Wildman–Crippen MR) is 146 cm³/mol. The van der Waals surface area contributed by atoms with Crippen molar-refractivity contribution in [1.82, 2.24) is 9.55 Å². The first kappa shape index (κ1) is 24.9. The molecule has 1 N–H and O–H groups in total. The van der Waals surface area contributed by atoms with Crippen molar-refractivity contribution in [1.29, 1.82) is 0 Å². The van der Waals surface area contributed by atoms with Crippen LogP contribution in [0.25, 0.3) is 22.4 Å². The van der Waals surface area contributed by atoms with Crippen LogP contribution in [0.3, 0.4) is 0 Å². The number of para-hydroxylation sites is 2. The van der Waals surface area contributed by atoms with Gasteiger partial charge in [-0.2, -0.15) is 0 Å². The third kappa shape index (κ3) is 5.63. The maximum atomic E-state index is 11.6. The lowest BCUT2D eigenvalue weighted by Gasteiger charge is -2.25. The molecular weight excluding hydrogens is 464 g/mol. The van der Waals surface area contributed by atoms with Gasteiger partial charge in [-0.1, -0.05) is 45.2 Å². The van der Waals surface area contributed by atoms with E-state index in [1.807, 2.05) is 54.6 Å². The number of fused-ring (bicyclic) bond motifs is 1. The highest BCUT2D eigenvalue weighted by Gasteiger charge is 2.23. The standard InChI is InChI=1S/C31H34N2O4/c1-21(2)18-19-36-28-10-6-7-11-29(28)37-25-15-12-22(13-16-25)30-32-26-20-23(31(34)35)14-17-27(26)33(30)24-8-4-3-5-9-24/h6-7,10-17,20-21,24H,3-5,8-9,18-19H2,1-2H3,(H,34,35). The number of benzene rings is 3. The van der Waals surface area contributed by atoms with Crippen LogP contribution in [0.1, 0.15) is 68.8 Å². The summed E-state index contributed by atoms with van der Waals surface area (Å²) < 4.78 is 14.5. The van der Waals surface area contributed by atoms with Gasteiger partial charge in [-0.05, 0) is 79.8 Å². The van der Waals surface area contributed by atoms with Crippen LogP contribution in [-0.4, -0.2) is 27.2 Å². The smallest absolute Gasteiger partial charge is 0.335 e. The van der Waals surface area contributed by atoms with E-state index in [0.717, 1.165) is 47.7 Å². The molecule has 6 nitrogen and oxygen atoms in total. The van der Waals surface area contributed by atoms with Gasteiger partial charge >= 0.3 is 5.97 Å². The van der Waals surface area contributed by atoms with Gasteiger partial charge in [-0.25, -0.2) is 9.78 Å². The molecule has 0 aliphatic heterocycles. The van der Waals surface area contributed by atoms with E-state index in [9.17, 15) is 9.90 Å². The number of carbonyl (C=O) groups is 1. The molecule has 3 aromatic carbocycles. The van der Waals surface area contributed by atoms with Gasteiger partial charge in [0.05, 0.1) is 23.2 Å². The van der Waals surface area contributed by atoms with Crippen molar-refractivity contribution >= 4 is 17.0 Å². The summed E-state index contributed by atoms with van der Waals surface area (Å²) in [6.07, 6.45) is 6.85. The predicted octanol–water partition coefficient (Wildman–Crippen LogP) is 8.12. The molecule has 1 heterocycles. The zero-order valence-electron chi connectivity index (χ0n) is 21.5. The Kier molecular flexibility index (Phi) is 7.45. The molecule has 6 heteroatoms. The number of ether oxygens (including phenoxy) is 2. The fourth-order valence-corrected chi connectivity index (χ4v) is 5.00. The topological polar surface area (TPSA) is 73.6 Å². The van der Waals surface area contributed by atoms with Crippen molar-refractivity contribution in [3.63, 3.8) is 0 Å². The maximum absolute atomic E-state index is 11.6. The van der Waals surface area contributed by atoms with Crippen LogP contribution in [0.5, 0.6) is 17.2 Å². The quantitative estimate of drug-likeness (QED) is 0.252. The number of nitrogens with zero attached hydrogens (tertiary/aromatic N) is 2. The van der Waals surface area contributed by atoms with Crippen LogP contribution in [0.2, 0.25) is 0 Å². The first-order chi connectivity index (χ1) is 18.0. The Morgan fingerprint density at radius 2 is 1.73 bits per heavy atom. The minimum absolute atomic E-state index is 0.255. The molecule has 1 saturated carbocycles. The van der Waals surface area contributed by atoms with Crippen molar-refractivity contribution in [2.45, 2.75) is 58.4 Å². The van der Waals surface area contributed by atoms with Crippen LogP contribution < -0.4 is 9.47 Å². The summed E-state index contributed by atoms with van der Waals surface area (Å²) in [6, 6.07) is 21.3. The number of aromatic nitrogens is 2. The first-order valence-electron chi connectivity index (χ1n) is 13.2. The summed E-state index contributed by atoms with van der Waals surface area (Å²) in [5, 5.41) is 9.47. The van der Waals surface area contributed by atoms with Gasteiger partial charge in [0.2, 0.25) is 0 Å². The van der Waals surface area contributed by atoms with Crippen LogP contribution in [0, 0.1) is 5.92 Å². The summed E-state index contributed by atoms with van der Waals surface area (Å²) in [4.78, 5) is 16.5. The molecule has 192 valence electrons. The first-order valence-corrected chi connectivity index (χ1v) is 13.2. The zero-order valence-corrected chi connectivity index (χ0v) is 21.5. The zero-order chi connectivity index (χ0) is 25.8. The average molecular weight is 499 g/mol.